The Morgan fingerprint density at radius 1 is 1.21 bits per heavy atom. The number of halogens is 1. The first kappa shape index (κ1) is 18.3. The number of aliphatic hydroxyl groups is 1. The van der Waals surface area contributed by atoms with Gasteiger partial charge in [0.2, 0.25) is 0 Å². The highest BCUT2D eigenvalue weighted by molar-refractivity contribution is 9.10. The van der Waals surface area contributed by atoms with Gasteiger partial charge in [0, 0.05) is 16.6 Å². The van der Waals surface area contributed by atoms with Gasteiger partial charge in [-0.05, 0) is 30.7 Å². The number of aliphatic hydroxyl groups excluding tert-OH is 1. The number of nitrogens with one attached hydrogen (secondary N) is 2. The van der Waals surface area contributed by atoms with Crippen LogP contribution in [0.2, 0.25) is 0 Å². The third-order valence-electron chi connectivity index (χ3n) is 3.68. The van der Waals surface area contributed by atoms with Gasteiger partial charge in [-0.3, -0.25) is 0 Å². The van der Waals surface area contributed by atoms with Crippen LogP contribution in [-0.2, 0) is 6.54 Å². The Bertz CT molecular complexity index is 676. The highest BCUT2D eigenvalue weighted by Crippen LogP contribution is 2.20. The largest absolute Gasteiger partial charge is 0.496 e. The molecule has 0 bridgehead atoms. The van der Waals surface area contributed by atoms with Gasteiger partial charge in [0.1, 0.15) is 5.75 Å². The number of amides is 2. The molecule has 0 saturated heterocycles. The SMILES string of the molecule is COc1ccccc1CNC(=O)N[C@@H](C)[C@@H](O)c1ccc(Br)cc1. The molecule has 2 aromatic carbocycles. The van der Waals surface area contributed by atoms with E-state index in [0.29, 0.717) is 6.54 Å². The van der Waals surface area contributed by atoms with E-state index in [1.54, 1.807) is 14.0 Å². The summed E-state index contributed by atoms with van der Waals surface area (Å²) in [6.07, 6.45) is -0.782. The molecule has 2 rings (SSSR count). The molecule has 0 saturated carbocycles. The normalized spacial score (nSPS) is 13.0. The first-order valence-corrected chi connectivity index (χ1v) is 8.40. The van der Waals surface area contributed by atoms with Gasteiger partial charge in [0.15, 0.2) is 0 Å². The molecule has 0 aliphatic rings. The summed E-state index contributed by atoms with van der Waals surface area (Å²) in [6, 6.07) is 14.1. The highest BCUT2D eigenvalue weighted by Gasteiger charge is 2.18. The number of methoxy groups -OCH3 is 1. The van der Waals surface area contributed by atoms with Gasteiger partial charge in [0.05, 0.1) is 19.3 Å². The Balaban J connectivity index is 1.88. The highest BCUT2D eigenvalue weighted by atomic mass is 79.9. The number of rotatable bonds is 6. The average Bonchev–Trinajstić information content (AvgIpc) is 2.60. The van der Waals surface area contributed by atoms with Crippen LogP contribution in [0.15, 0.2) is 53.0 Å². The van der Waals surface area contributed by atoms with E-state index in [-0.39, 0.29) is 6.03 Å². The third kappa shape index (κ3) is 4.97. The molecule has 2 amide bonds. The molecule has 2 aromatic rings. The third-order valence-corrected chi connectivity index (χ3v) is 4.20. The van der Waals surface area contributed by atoms with Crippen LogP contribution in [0, 0.1) is 0 Å². The molecule has 0 aliphatic heterocycles. The van der Waals surface area contributed by atoms with Crippen molar-refractivity contribution in [2.24, 2.45) is 0 Å². The minimum absolute atomic E-state index is 0.343. The molecule has 128 valence electrons. The number of para-hydroxylation sites is 1. The summed E-state index contributed by atoms with van der Waals surface area (Å²) < 4.78 is 6.19. The Hall–Kier alpha value is -2.05. The fourth-order valence-corrected chi connectivity index (χ4v) is 2.57. The molecular weight excluding hydrogens is 372 g/mol. The van der Waals surface area contributed by atoms with Crippen molar-refractivity contribution in [2.75, 3.05) is 7.11 Å². The second-order valence-corrected chi connectivity index (χ2v) is 6.34. The lowest BCUT2D eigenvalue weighted by atomic mass is 10.0. The Morgan fingerprint density at radius 2 is 1.88 bits per heavy atom. The van der Waals surface area contributed by atoms with Crippen LogP contribution in [0.3, 0.4) is 0 Å². The molecule has 0 radical (unpaired) electrons. The Morgan fingerprint density at radius 3 is 2.54 bits per heavy atom. The minimum atomic E-state index is -0.782. The summed E-state index contributed by atoms with van der Waals surface area (Å²) in [6.45, 7) is 2.10. The van der Waals surface area contributed by atoms with Crippen molar-refractivity contribution in [1.29, 1.82) is 0 Å². The maximum Gasteiger partial charge on any atom is 0.315 e. The summed E-state index contributed by atoms with van der Waals surface area (Å²) in [5, 5.41) is 15.8. The zero-order valence-corrected chi connectivity index (χ0v) is 15.2. The fraction of sp³-hybridized carbons (Fsp3) is 0.278. The molecule has 24 heavy (non-hydrogen) atoms. The van der Waals surface area contributed by atoms with Gasteiger partial charge in [-0.2, -0.15) is 0 Å². The summed E-state index contributed by atoms with van der Waals surface area (Å²) in [5.74, 6) is 0.723. The quantitative estimate of drug-likeness (QED) is 0.705. The van der Waals surface area contributed by atoms with Crippen molar-refractivity contribution >= 4 is 22.0 Å². The van der Waals surface area contributed by atoms with Gasteiger partial charge < -0.3 is 20.5 Å². The van der Waals surface area contributed by atoms with Crippen molar-refractivity contribution in [1.82, 2.24) is 10.6 Å². The van der Waals surface area contributed by atoms with E-state index in [0.717, 1.165) is 21.3 Å². The maximum atomic E-state index is 12.0. The van der Waals surface area contributed by atoms with E-state index < -0.39 is 12.1 Å². The fourth-order valence-electron chi connectivity index (χ4n) is 2.31. The number of hydrogen-bond acceptors (Lipinski definition) is 3. The molecule has 2 atom stereocenters. The second kappa shape index (κ2) is 8.70. The number of benzene rings is 2. The predicted octanol–water partition coefficient (Wildman–Crippen LogP) is 3.38. The van der Waals surface area contributed by atoms with Crippen molar-refractivity contribution in [2.45, 2.75) is 25.6 Å². The number of carbonyl (C=O) groups is 1. The summed E-state index contributed by atoms with van der Waals surface area (Å²) in [5.41, 5.74) is 1.63. The monoisotopic (exact) mass is 392 g/mol. The van der Waals surface area contributed by atoms with Crippen LogP contribution in [0.25, 0.3) is 0 Å². The van der Waals surface area contributed by atoms with Crippen LogP contribution >= 0.6 is 15.9 Å². The van der Waals surface area contributed by atoms with Gasteiger partial charge in [0.25, 0.3) is 0 Å². The molecule has 0 spiro atoms. The van der Waals surface area contributed by atoms with Crippen LogP contribution in [-0.4, -0.2) is 24.3 Å². The zero-order chi connectivity index (χ0) is 17.5. The van der Waals surface area contributed by atoms with Crippen molar-refractivity contribution in [3.8, 4) is 5.75 Å². The minimum Gasteiger partial charge on any atom is -0.496 e. The molecule has 3 N–H and O–H groups in total. The van der Waals surface area contributed by atoms with Gasteiger partial charge in [-0.1, -0.05) is 46.3 Å². The summed E-state index contributed by atoms with van der Waals surface area (Å²) in [4.78, 5) is 12.0. The predicted molar refractivity (Wildman–Crippen MR) is 96.9 cm³/mol. The lowest BCUT2D eigenvalue weighted by Crippen LogP contribution is -2.43. The number of ether oxygens (including phenoxy) is 1. The summed E-state index contributed by atoms with van der Waals surface area (Å²) in [7, 11) is 1.59. The molecule has 0 fully saturated rings. The molecule has 0 heterocycles. The van der Waals surface area contributed by atoms with Crippen LogP contribution in [0.1, 0.15) is 24.2 Å². The Labute approximate surface area is 150 Å². The van der Waals surface area contributed by atoms with Gasteiger partial charge in [-0.15, -0.1) is 0 Å². The first-order chi connectivity index (χ1) is 11.5. The second-order valence-electron chi connectivity index (χ2n) is 5.42. The average molecular weight is 393 g/mol. The molecule has 6 heteroatoms. The Kier molecular flexibility index (Phi) is 6.63. The molecule has 0 unspecified atom stereocenters. The molecule has 0 aromatic heterocycles. The van der Waals surface area contributed by atoms with Gasteiger partial charge in [-0.25, -0.2) is 4.79 Å². The smallest absolute Gasteiger partial charge is 0.315 e. The molecular formula is C18H21BrN2O3. The molecule has 5 nitrogen and oxygen atoms in total. The summed E-state index contributed by atoms with van der Waals surface area (Å²) >= 11 is 3.35. The lowest BCUT2D eigenvalue weighted by molar-refractivity contribution is 0.137. The van der Waals surface area contributed by atoms with Crippen LogP contribution in [0.4, 0.5) is 4.79 Å². The topological polar surface area (TPSA) is 70.6 Å². The number of hydrogen-bond donors (Lipinski definition) is 3. The van der Waals surface area contributed by atoms with Gasteiger partial charge >= 0.3 is 6.03 Å². The van der Waals surface area contributed by atoms with E-state index >= 15 is 0 Å². The maximum absolute atomic E-state index is 12.0. The van der Waals surface area contributed by atoms with E-state index in [9.17, 15) is 9.90 Å². The van der Waals surface area contributed by atoms with Crippen LogP contribution < -0.4 is 15.4 Å². The van der Waals surface area contributed by atoms with Crippen molar-refractivity contribution in [3.63, 3.8) is 0 Å². The lowest BCUT2D eigenvalue weighted by Gasteiger charge is -2.21. The number of carbonyl (C=O) groups excluding carboxylic acids is 1. The van der Waals surface area contributed by atoms with E-state index in [1.165, 1.54) is 0 Å². The van der Waals surface area contributed by atoms with Crippen molar-refractivity contribution < 1.29 is 14.6 Å². The number of urea groups is 1. The van der Waals surface area contributed by atoms with Crippen LogP contribution in [0.5, 0.6) is 5.75 Å². The standard InChI is InChI=1S/C18H21BrN2O3/c1-12(17(22)13-7-9-15(19)10-8-13)21-18(23)20-11-14-5-3-4-6-16(14)24-2/h3-10,12,17,22H,11H2,1-2H3,(H2,20,21,23)/t12-,17+/m0/s1. The molecule has 0 aliphatic carbocycles. The van der Waals surface area contributed by atoms with E-state index in [4.69, 9.17) is 4.74 Å². The first-order valence-electron chi connectivity index (χ1n) is 7.61. The van der Waals surface area contributed by atoms with E-state index in [2.05, 4.69) is 26.6 Å². The van der Waals surface area contributed by atoms with E-state index in [1.807, 2.05) is 48.5 Å². The zero-order valence-electron chi connectivity index (χ0n) is 13.6. The van der Waals surface area contributed by atoms with Crippen molar-refractivity contribution in [3.05, 3.63) is 64.1 Å².